The SMILES string of the molecule is CN(c1ccnc2c(C(N)=O)cnn12)[C@@H]1CC[C@@H]1O. The number of hydrogen-bond acceptors (Lipinski definition) is 5. The van der Waals surface area contributed by atoms with Gasteiger partial charge in [-0.3, -0.25) is 4.79 Å². The highest BCUT2D eigenvalue weighted by molar-refractivity contribution is 5.98. The van der Waals surface area contributed by atoms with Gasteiger partial charge in [0, 0.05) is 13.2 Å². The van der Waals surface area contributed by atoms with Gasteiger partial charge in [0.25, 0.3) is 5.91 Å². The van der Waals surface area contributed by atoms with Gasteiger partial charge in [-0.1, -0.05) is 0 Å². The highest BCUT2D eigenvalue weighted by Crippen LogP contribution is 2.28. The lowest BCUT2D eigenvalue weighted by atomic mass is 9.88. The summed E-state index contributed by atoms with van der Waals surface area (Å²) in [4.78, 5) is 17.4. The van der Waals surface area contributed by atoms with Gasteiger partial charge in [-0.25, -0.2) is 4.98 Å². The van der Waals surface area contributed by atoms with Gasteiger partial charge in [0.1, 0.15) is 11.4 Å². The Morgan fingerprint density at radius 1 is 1.58 bits per heavy atom. The molecule has 3 rings (SSSR count). The summed E-state index contributed by atoms with van der Waals surface area (Å²) in [7, 11) is 1.90. The predicted molar refractivity (Wildman–Crippen MR) is 68.9 cm³/mol. The van der Waals surface area contributed by atoms with Crippen molar-refractivity contribution in [3.05, 3.63) is 24.0 Å². The minimum absolute atomic E-state index is 0.0758. The maximum Gasteiger partial charge on any atom is 0.254 e. The molecular weight excluding hydrogens is 246 g/mol. The van der Waals surface area contributed by atoms with Crippen LogP contribution in [0.1, 0.15) is 23.2 Å². The molecule has 0 saturated heterocycles. The number of amides is 1. The number of nitrogens with two attached hydrogens (primary N) is 1. The first-order valence-electron chi connectivity index (χ1n) is 6.13. The van der Waals surface area contributed by atoms with Crippen LogP contribution in [0.25, 0.3) is 5.65 Å². The molecular formula is C12H15N5O2. The average Bonchev–Trinajstić information content (AvgIpc) is 2.80. The van der Waals surface area contributed by atoms with E-state index in [1.165, 1.54) is 6.20 Å². The Morgan fingerprint density at radius 3 is 2.95 bits per heavy atom. The highest BCUT2D eigenvalue weighted by Gasteiger charge is 2.33. The third-order valence-corrected chi connectivity index (χ3v) is 3.71. The Labute approximate surface area is 109 Å². The number of hydrogen-bond donors (Lipinski definition) is 2. The van der Waals surface area contributed by atoms with Gasteiger partial charge in [-0.05, 0) is 18.9 Å². The van der Waals surface area contributed by atoms with E-state index in [0.29, 0.717) is 11.2 Å². The summed E-state index contributed by atoms with van der Waals surface area (Å²) in [6, 6.07) is 1.88. The Kier molecular flexibility index (Phi) is 2.63. The summed E-state index contributed by atoms with van der Waals surface area (Å²) in [5.74, 6) is 0.229. The van der Waals surface area contributed by atoms with Crippen LogP contribution in [0.3, 0.4) is 0 Å². The summed E-state index contributed by atoms with van der Waals surface area (Å²) in [6.45, 7) is 0. The lowest BCUT2D eigenvalue weighted by Crippen LogP contribution is -2.49. The van der Waals surface area contributed by atoms with E-state index in [1.54, 1.807) is 16.8 Å². The van der Waals surface area contributed by atoms with E-state index in [0.717, 1.165) is 18.7 Å². The summed E-state index contributed by atoms with van der Waals surface area (Å²) in [5.41, 5.74) is 6.02. The van der Waals surface area contributed by atoms with Crippen LogP contribution < -0.4 is 10.6 Å². The van der Waals surface area contributed by atoms with E-state index in [2.05, 4.69) is 10.1 Å². The monoisotopic (exact) mass is 261 g/mol. The number of rotatable bonds is 3. The minimum Gasteiger partial charge on any atom is -0.391 e. The van der Waals surface area contributed by atoms with Crippen LogP contribution >= 0.6 is 0 Å². The fraction of sp³-hybridized carbons (Fsp3) is 0.417. The number of fused-ring (bicyclic) bond motifs is 1. The van der Waals surface area contributed by atoms with E-state index in [1.807, 2.05) is 11.9 Å². The second-order valence-corrected chi connectivity index (χ2v) is 4.78. The van der Waals surface area contributed by atoms with Crippen molar-refractivity contribution in [2.75, 3.05) is 11.9 Å². The first-order chi connectivity index (χ1) is 9.09. The first-order valence-corrected chi connectivity index (χ1v) is 6.13. The molecule has 1 saturated carbocycles. The standard InChI is InChI=1S/C12H15N5O2/c1-16(8-2-3-9(8)18)10-4-5-14-12-7(11(13)19)6-15-17(10)12/h4-6,8-9,18H,2-3H2,1H3,(H2,13,19)/t8-,9+/m1/s1. The van der Waals surface area contributed by atoms with Crippen molar-refractivity contribution in [1.82, 2.24) is 14.6 Å². The number of nitrogens with zero attached hydrogens (tertiary/aromatic N) is 4. The molecule has 0 aromatic carbocycles. The van der Waals surface area contributed by atoms with Gasteiger partial charge >= 0.3 is 0 Å². The van der Waals surface area contributed by atoms with E-state index in [9.17, 15) is 9.90 Å². The number of likely N-dealkylation sites (N-methyl/N-ethyl adjacent to an activating group) is 1. The smallest absolute Gasteiger partial charge is 0.254 e. The van der Waals surface area contributed by atoms with Crippen molar-refractivity contribution in [2.24, 2.45) is 5.73 Å². The Morgan fingerprint density at radius 2 is 2.37 bits per heavy atom. The van der Waals surface area contributed by atoms with E-state index in [-0.39, 0.29) is 12.1 Å². The van der Waals surface area contributed by atoms with E-state index >= 15 is 0 Å². The van der Waals surface area contributed by atoms with E-state index in [4.69, 9.17) is 5.73 Å². The minimum atomic E-state index is -0.550. The van der Waals surface area contributed by atoms with Crippen molar-refractivity contribution in [3.63, 3.8) is 0 Å². The molecule has 1 aliphatic rings. The van der Waals surface area contributed by atoms with Crippen LogP contribution in [0.2, 0.25) is 0 Å². The molecule has 1 fully saturated rings. The maximum absolute atomic E-state index is 11.3. The molecule has 7 heteroatoms. The number of carbonyl (C=O) groups excluding carboxylic acids is 1. The van der Waals surface area contributed by atoms with Gasteiger partial charge in [-0.15, -0.1) is 0 Å². The quantitative estimate of drug-likeness (QED) is 0.796. The van der Waals surface area contributed by atoms with Crippen LogP contribution in [0.5, 0.6) is 0 Å². The summed E-state index contributed by atoms with van der Waals surface area (Å²) < 4.78 is 1.57. The number of primary amides is 1. The number of aliphatic hydroxyl groups is 1. The molecule has 0 bridgehead atoms. The number of carbonyl (C=O) groups is 1. The van der Waals surface area contributed by atoms with Gasteiger partial charge in [0.15, 0.2) is 5.65 Å². The molecule has 3 N–H and O–H groups in total. The molecule has 19 heavy (non-hydrogen) atoms. The highest BCUT2D eigenvalue weighted by atomic mass is 16.3. The van der Waals surface area contributed by atoms with Gasteiger partial charge < -0.3 is 15.7 Å². The fourth-order valence-corrected chi connectivity index (χ4v) is 2.41. The van der Waals surface area contributed by atoms with Crippen LogP contribution in [0.4, 0.5) is 5.82 Å². The van der Waals surface area contributed by atoms with Crippen molar-refractivity contribution in [1.29, 1.82) is 0 Å². The molecule has 100 valence electrons. The molecule has 2 aromatic heterocycles. The largest absolute Gasteiger partial charge is 0.391 e. The van der Waals surface area contributed by atoms with Gasteiger partial charge in [0.2, 0.25) is 0 Å². The van der Waals surface area contributed by atoms with Crippen LogP contribution in [0, 0.1) is 0 Å². The van der Waals surface area contributed by atoms with Crippen LogP contribution in [-0.2, 0) is 0 Å². The van der Waals surface area contributed by atoms with Crippen molar-refractivity contribution in [3.8, 4) is 0 Å². The third kappa shape index (κ3) is 1.74. The predicted octanol–water partition coefficient (Wildman–Crippen LogP) is -0.212. The Hall–Kier alpha value is -2.15. The van der Waals surface area contributed by atoms with Crippen LogP contribution in [0.15, 0.2) is 18.5 Å². The summed E-state index contributed by atoms with van der Waals surface area (Å²) in [5, 5.41) is 13.9. The summed E-state index contributed by atoms with van der Waals surface area (Å²) >= 11 is 0. The van der Waals surface area contributed by atoms with Gasteiger partial charge in [-0.2, -0.15) is 9.61 Å². The summed E-state index contributed by atoms with van der Waals surface area (Å²) in [6.07, 6.45) is 4.46. The molecule has 2 heterocycles. The number of anilines is 1. The number of aromatic nitrogens is 3. The Balaban J connectivity index is 2.06. The van der Waals surface area contributed by atoms with Crippen LogP contribution in [-0.4, -0.2) is 44.8 Å². The normalized spacial score (nSPS) is 22.2. The Bertz CT molecular complexity index is 638. The molecule has 7 nitrogen and oxygen atoms in total. The fourth-order valence-electron chi connectivity index (χ4n) is 2.41. The zero-order valence-corrected chi connectivity index (χ0v) is 10.5. The molecule has 2 aromatic rings. The topological polar surface area (TPSA) is 96.8 Å². The van der Waals surface area contributed by atoms with Crippen molar-refractivity contribution in [2.45, 2.75) is 25.0 Å². The second-order valence-electron chi connectivity index (χ2n) is 4.78. The molecule has 0 radical (unpaired) electrons. The molecule has 0 spiro atoms. The zero-order valence-electron chi connectivity index (χ0n) is 10.5. The maximum atomic E-state index is 11.3. The molecule has 0 unspecified atom stereocenters. The zero-order chi connectivity index (χ0) is 13.6. The lowest BCUT2D eigenvalue weighted by molar-refractivity contribution is 0.0664. The third-order valence-electron chi connectivity index (χ3n) is 3.71. The van der Waals surface area contributed by atoms with Crippen molar-refractivity contribution < 1.29 is 9.90 Å². The second kappa shape index (κ2) is 4.20. The van der Waals surface area contributed by atoms with E-state index < -0.39 is 5.91 Å². The lowest BCUT2D eigenvalue weighted by Gasteiger charge is -2.40. The number of aliphatic hydroxyl groups excluding tert-OH is 1. The first kappa shape index (κ1) is 11.9. The average molecular weight is 261 g/mol. The molecule has 0 aliphatic heterocycles. The van der Waals surface area contributed by atoms with Crippen molar-refractivity contribution >= 4 is 17.4 Å². The van der Waals surface area contributed by atoms with Gasteiger partial charge in [0.05, 0.1) is 18.3 Å². The molecule has 1 amide bonds. The molecule has 1 aliphatic carbocycles. The molecule has 2 atom stereocenters.